The predicted molar refractivity (Wildman–Crippen MR) is 49.7 cm³/mol. The first-order chi connectivity index (χ1) is 6.97. The summed E-state index contributed by atoms with van der Waals surface area (Å²) in [6.45, 7) is 0. The van der Waals surface area contributed by atoms with Crippen molar-refractivity contribution < 1.29 is 22.7 Å². The second-order valence-corrected chi connectivity index (χ2v) is 3.51. The molecule has 1 rings (SSSR count). The molecule has 0 aliphatic carbocycles. The molecule has 0 bridgehead atoms. The van der Waals surface area contributed by atoms with E-state index in [9.17, 15) is 18.0 Å². The number of halogens is 4. The van der Waals surface area contributed by atoms with Crippen LogP contribution in [0.5, 0.6) is 0 Å². The molecule has 82 valence electrons. The molecule has 0 aliphatic rings. The van der Waals surface area contributed by atoms with Crippen LogP contribution in [0.15, 0.2) is 10.5 Å². The summed E-state index contributed by atoms with van der Waals surface area (Å²) in [7, 11) is 1.10. The molecule has 0 heterocycles. The summed E-state index contributed by atoms with van der Waals surface area (Å²) < 4.78 is 42.8. The van der Waals surface area contributed by atoms with Gasteiger partial charge in [-0.1, -0.05) is 0 Å². The maximum absolute atomic E-state index is 13.2. The van der Waals surface area contributed by atoms with Crippen LogP contribution in [0.25, 0.3) is 0 Å². The summed E-state index contributed by atoms with van der Waals surface area (Å²) in [6, 6.07) is 0.749. The number of ether oxygens (including phenoxy) is 1. The van der Waals surface area contributed by atoms with Crippen LogP contribution in [0.2, 0.25) is 0 Å². The molecule has 6 heteroatoms. The molecule has 15 heavy (non-hydrogen) atoms. The molecule has 0 fully saturated rings. The van der Waals surface area contributed by atoms with Crippen LogP contribution in [0, 0.1) is 17.5 Å². The Labute approximate surface area is 92.2 Å². The molecular formula is C9H6BrF3O2. The van der Waals surface area contributed by atoms with Crippen molar-refractivity contribution >= 4 is 21.9 Å². The zero-order chi connectivity index (χ0) is 11.6. The second kappa shape index (κ2) is 4.65. The fourth-order valence-corrected chi connectivity index (χ4v) is 1.27. The van der Waals surface area contributed by atoms with Gasteiger partial charge in [0.25, 0.3) is 0 Å². The minimum absolute atomic E-state index is 0.375. The van der Waals surface area contributed by atoms with Gasteiger partial charge in [0.1, 0.15) is 5.82 Å². The van der Waals surface area contributed by atoms with Crippen molar-refractivity contribution in [3.63, 3.8) is 0 Å². The van der Waals surface area contributed by atoms with Crippen molar-refractivity contribution in [2.24, 2.45) is 0 Å². The van der Waals surface area contributed by atoms with E-state index in [0.29, 0.717) is 0 Å². The van der Waals surface area contributed by atoms with Crippen molar-refractivity contribution in [1.29, 1.82) is 0 Å². The maximum Gasteiger partial charge on any atom is 0.310 e. The number of carbonyl (C=O) groups excluding carboxylic acids is 1. The van der Waals surface area contributed by atoms with E-state index in [0.717, 1.165) is 13.2 Å². The van der Waals surface area contributed by atoms with Crippen molar-refractivity contribution in [3.05, 3.63) is 33.6 Å². The first-order valence-electron chi connectivity index (χ1n) is 3.86. The van der Waals surface area contributed by atoms with E-state index in [1.54, 1.807) is 0 Å². The predicted octanol–water partition coefficient (Wildman–Crippen LogP) is 2.58. The van der Waals surface area contributed by atoms with E-state index >= 15 is 0 Å². The first-order valence-corrected chi connectivity index (χ1v) is 4.65. The number of carbonyl (C=O) groups is 1. The number of esters is 1. The zero-order valence-corrected chi connectivity index (χ0v) is 9.20. The normalized spacial score (nSPS) is 10.2. The Bertz CT molecular complexity index is 407. The third-order valence-corrected chi connectivity index (χ3v) is 2.47. The average molecular weight is 283 g/mol. The Balaban J connectivity index is 3.15. The lowest BCUT2D eigenvalue weighted by Gasteiger charge is -2.05. The summed E-state index contributed by atoms with van der Waals surface area (Å²) >= 11 is 2.54. The van der Waals surface area contributed by atoms with Gasteiger partial charge in [-0.15, -0.1) is 0 Å². The third-order valence-electron chi connectivity index (χ3n) is 1.74. The van der Waals surface area contributed by atoms with Gasteiger partial charge in [-0.05, 0) is 22.0 Å². The van der Waals surface area contributed by atoms with Crippen LogP contribution in [0.4, 0.5) is 13.2 Å². The monoisotopic (exact) mass is 282 g/mol. The number of hydrogen-bond donors (Lipinski definition) is 0. The molecule has 0 amide bonds. The van der Waals surface area contributed by atoms with Gasteiger partial charge in [-0.2, -0.15) is 0 Å². The van der Waals surface area contributed by atoms with Crippen LogP contribution in [0.1, 0.15) is 5.56 Å². The molecule has 0 unspecified atom stereocenters. The Hall–Kier alpha value is -1.04. The summed E-state index contributed by atoms with van der Waals surface area (Å²) in [5.74, 6) is -4.34. The Morgan fingerprint density at radius 2 is 2.00 bits per heavy atom. The quantitative estimate of drug-likeness (QED) is 0.474. The van der Waals surface area contributed by atoms with Gasteiger partial charge < -0.3 is 4.74 Å². The van der Waals surface area contributed by atoms with Gasteiger partial charge >= 0.3 is 5.97 Å². The topological polar surface area (TPSA) is 26.3 Å². The van der Waals surface area contributed by atoms with Crippen LogP contribution < -0.4 is 0 Å². The minimum atomic E-state index is -1.35. The SMILES string of the molecule is COC(=O)Cc1cc(F)c(Br)c(F)c1F. The number of hydrogen-bond acceptors (Lipinski definition) is 2. The van der Waals surface area contributed by atoms with Crippen LogP contribution >= 0.6 is 15.9 Å². The van der Waals surface area contributed by atoms with Gasteiger partial charge in [0.2, 0.25) is 0 Å². The smallest absolute Gasteiger partial charge is 0.310 e. The van der Waals surface area contributed by atoms with Crippen molar-refractivity contribution in [2.75, 3.05) is 7.11 Å². The van der Waals surface area contributed by atoms with Crippen molar-refractivity contribution in [2.45, 2.75) is 6.42 Å². The average Bonchev–Trinajstić information content (AvgIpc) is 2.22. The molecule has 0 saturated carbocycles. The van der Waals surface area contributed by atoms with Crippen LogP contribution in [-0.4, -0.2) is 13.1 Å². The largest absolute Gasteiger partial charge is 0.469 e. The minimum Gasteiger partial charge on any atom is -0.469 e. The van der Waals surface area contributed by atoms with Gasteiger partial charge in [0, 0.05) is 5.56 Å². The molecule has 2 nitrogen and oxygen atoms in total. The fourth-order valence-electron chi connectivity index (χ4n) is 0.978. The molecule has 1 aromatic rings. The Kier molecular flexibility index (Phi) is 3.73. The van der Waals surface area contributed by atoms with E-state index in [4.69, 9.17) is 0 Å². The highest BCUT2D eigenvalue weighted by atomic mass is 79.9. The molecule has 0 atom stereocenters. The summed E-state index contributed by atoms with van der Waals surface area (Å²) in [5, 5.41) is 0. The number of methoxy groups -OCH3 is 1. The third kappa shape index (κ3) is 2.50. The molecule has 1 aromatic carbocycles. The Morgan fingerprint density at radius 3 is 2.53 bits per heavy atom. The summed E-state index contributed by atoms with van der Waals surface area (Å²) in [5.41, 5.74) is -0.375. The lowest BCUT2D eigenvalue weighted by atomic mass is 10.1. The van der Waals surface area contributed by atoms with E-state index in [2.05, 4.69) is 20.7 Å². The zero-order valence-electron chi connectivity index (χ0n) is 7.61. The molecular weight excluding hydrogens is 277 g/mol. The lowest BCUT2D eigenvalue weighted by molar-refractivity contribution is -0.139. The molecule has 0 spiro atoms. The fraction of sp³-hybridized carbons (Fsp3) is 0.222. The van der Waals surface area contributed by atoms with Gasteiger partial charge in [-0.25, -0.2) is 13.2 Å². The standard InChI is InChI=1S/C9H6BrF3O2/c1-15-6(14)3-4-2-5(11)7(10)9(13)8(4)12/h2H,3H2,1H3. The van der Waals surface area contributed by atoms with Crippen LogP contribution in [-0.2, 0) is 16.0 Å². The van der Waals surface area contributed by atoms with Crippen molar-refractivity contribution in [3.8, 4) is 0 Å². The Morgan fingerprint density at radius 1 is 1.40 bits per heavy atom. The summed E-state index contributed by atoms with van der Waals surface area (Å²) in [4.78, 5) is 10.8. The lowest BCUT2D eigenvalue weighted by Crippen LogP contribution is -2.08. The molecule has 0 radical (unpaired) electrons. The second-order valence-electron chi connectivity index (χ2n) is 2.71. The van der Waals surface area contributed by atoms with E-state index in [1.165, 1.54) is 0 Å². The molecule has 0 aliphatic heterocycles. The number of benzene rings is 1. The molecule has 0 N–H and O–H groups in total. The van der Waals surface area contributed by atoms with E-state index in [1.807, 2.05) is 0 Å². The highest BCUT2D eigenvalue weighted by Gasteiger charge is 2.18. The molecule has 0 aromatic heterocycles. The highest BCUT2D eigenvalue weighted by Crippen LogP contribution is 2.25. The first kappa shape index (κ1) is 12.0. The number of rotatable bonds is 2. The van der Waals surface area contributed by atoms with Crippen LogP contribution in [0.3, 0.4) is 0 Å². The van der Waals surface area contributed by atoms with Gasteiger partial charge in [0.15, 0.2) is 11.6 Å². The van der Waals surface area contributed by atoms with E-state index in [-0.39, 0.29) is 5.56 Å². The highest BCUT2D eigenvalue weighted by molar-refractivity contribution is 9.10. The maximum atomic E-state index is 13.2. The van der Waals surface area contributed by atoms with Gasteiger partial charge in [0.05, 0.1) is 18.0 Å². The summed E-state index contributed by atoms with van der Waals surface area (Å²) in [6.07, 6.45) is -0.510. The van der Waals surface area contributed by atoms with Crippen molar-refractivity contribution in [1.82, 2.24) is 0 Å². The van der Waals surface area contributed by atoms with Gasteiger partial charge in [-0.3, -0.25) is 4.79 Å². The molecule has 0 saturated heterocycles. The van der Waals surface area contributed by atoms with E-state index < -0.39 is 34.3 Å².